The zero-order valence-electron chi connectivity index (χ0n) is 14.9. The van der Waals surface area contributed by atoms with Crippen molar-refractivity contribution in [3.8, 4) is 11.4 Å². The Bertz CT molecular complexity index is 1240. The Morgan fingerprint density at radius 2 is 1.52 bits per heavy atom. The molecule has 0 saturated heterocycles. The number of rotatable bonds is 3. The number of nitrogens with zero attached hydrogens (tertiary/aromatic N) is 2. The molecular formula is C22H14F4N2O. The molecule has 146 valence electrons. The number of alkyl halides is 3. The van der Waals surface area contributed by atoms with Gasteiger partial charge in [0.25, 0.3) is 5.56 Å². The first-order valence-electron chi connectivity index (χ1n) is 8.75. The third-order valence-electron chi connectivity index (χ3n) is 4.60. The van der Waals surface area contributed by atoms with Crippen LogP contribution in [0, 0.1) is 5.82 Å². The third-order valence-corrected chi connectivity index (χ3v) is 4.60. The number of fused-ring (bicyclic) bond motifs is 1. The first-order valence-corrected chi connectivity index (χ1v) is 8.75. The average Bonchev–Trinajstić information content (AvgIpc) is 2.70. The van der Waals surface area contributed by atoms with Crippen molar-refractivity contribution in [2.75, 3.05) is 0 Å². The second-order valence-corrected chi connectivity index (χ2v) is 6.52. The van der Waals surface area contributed by atoms with Crippen molar-refractivity contribution in [2.24, 2.45) is 0 Å². The zero-order valence-corrected chi connectivity index (χ0v) is 14.9. The fraction of sp³-hybridized carbons (Fsp3) is 0.0909. The molecule has 0 aliphatic carbocycles. The van der Waals surface area contributed by atoms with Crippen molar-refractivity contribution >= 4 is 10.9 Å². The maximum Gasteiger partial charge on any atom is 0.416 e. The van der Waals surface area contributed by atoms with Gasteiger partial charge in [0.15, 0.2) is 0 Å². The van der Waals surface area contributed by atoms with Crippen LogP contribution in [-0.2, 0) is 12.7 Å². The van der Waals surface area contributed by atoms with Crippen LogP contribution in [0.25, 0.3) is 22.3 Å². The second kappa shape index (κ2) is 7.16. The van der Waals surface area contributed by atoms with E-state index < -0.39 is 23.1 Å². The molecule has 0 fully saturated rings. The molecule has 0 amide bonds. The van der Waals surface area contributed by atoms with E-state index in [1.165, 1.54) is 34.9 Å². The molecule has 29 heavy (non-hydrogen) atoms. The molecule has 1 aromatic heterocycles. The molecule has 3 aromatic carbocycles. The lowest BCUT2D eigenvalue weighted by atomic mass is 10.1. The summed E-state index contributed by atoms with van der Waals surface area (Å²) in [5.41, 5.74) is -0.148. The molecule has 4 rings (SSSR count). The Kier molecular flexibility index (Phi) is 4.66. The van der Waals surface area contributed by atoms with Crippen LogP contribution in [0.15, 0.2) is 77.6 Å². The van der Waals surface area contributed by atoms with Gasteiger partial charge in [-0.05, 0) is 42.0 Å². The minimum atomic E-state index is -4.45. The highest BCUT2D eigenvalue weighted by Gasteiger charge is 2.30. The van der Waals surface area contributed by atoms with Crippen LogP contribution in [-0.4, -0.2) is 9.55 Å². The van der Waals surface area contributed by atoms with Crippen molar-refractivity contribution in [1.29, 1.82) is 0 Å². The number of benzene rings is 3. The molecule has 3 nitrogen and oxygen atoms in total. The number of hydrogen-bond donors (Lipinski definition) is 0. The van der Waals surface area contributed by atoms with Crippen molar-refractivity contribution < 1.29 is 17.6 Å². The maximum atomic E-state index is 14.4. The van der Waals surface area contributed by atoms with Gasteiger partial charge in [-0.15, -0.1) is 0 Å². The van der Waals surface area contributed by atoms with Crippen molar-refractivity contribution in [3.63, 3.8) is 0 Å². The van der Waals surface area contributed by atoms with Crippen molar-refractivity contribution in [3.05, 3.63) is 100 Å². The predicted molar refractivity (Wildman–Crippen MR) is 102 cm³/mol. The minimum absolute atomic E-state index is 0.0432. The molecule has 1 heterocycles. The van der Waals surface area contributed by atoms with E-state index in [4.69, 9.17) is 0 Å². The molecule has 0 spiro atoms. The lowest BCUT2D eigenvalue weighted by molar-refractivity contribution is -0.137. The maximum absolute atomic E-state index is 14.4. The molecule has 0 radical (unpaired) electrons. The van der Waals surface area contributed by atoms with E-state index in [-0.39, 0.29) is 17.9 Å². The molecule has 0 bridgehead atoms. The summed E-state index contributed by atoms with van der Waals surface area (Å²) in [5, 5.41) is 0.347. The van der Waals surface area contributed by atoms with Crippen LogP contribution in [0.4, 0.5) is 17.6 Å². The fourth-order valence-electron chi connectivity index (χ4n) is 3.14. The van der Waals surface area contributed by atoms with Gasteiger partial charge in [-0.1, -0.05) is 36.4 Å². The van der Waals surface area contributed by atoms with Crippen LogP contribution in [0.5, 0.6) is 0 Å². The van der Waals surface area contributed by atoms with Crippen LogP contribution in [0.1, 0.15) is 11.1 Å². The Labute approximate surface area is 162 Å². The second-order valence-electron chi connectivity index (χ2n) is 6.52. The number of aromatic nitrogens is 2. The van der Waals surface area contributed by atoms with Gasteiger partial charge in [0.1, 0.15) is 11.6 Å². The third kappa shape index (κ3) is 3.63. The van der Waals surface area contributed by atoms with E-state index in [2.05, 4.69) is 4.98 Å². The quantitative estimate of drug-likeness (QED) is 0.441. The van der Waals surface area contributed by atoms with Gasteiger partial charge in [-0.25, -0.2) is 9.37 Å². The summed E-state index contributed by atoms with van der Waals surface area (Å²) >= 11 is 0. The molecule has 0 aliphatic rings. The van der Waals surface area contributed by atoms with Gasteiger partial charge in [-0.3, -0.25) is 9.36 Å². The Morgan fingerprint density at radius 3 is 2.21 bits per heavy atom. The summed E-state index contributed by atoms with van der Waals surface area (Å²) in [6.07, 6.45) is -4.45. The normalized spacial score (nSPS) is 11.7. The van der Waals surface area contributed by atoms with E-state index in [0.29, 0.717) is 16.5 Å². The van der Waals surface area contributed by atoms with E-state index in [9.17, 15) is 22.4 Å². The number of para-hydroxylation sites is 1. The Hall–Kier alpha value is -3.48. The highest BCUT2D eigenvalue weighted by Crippen LogP contribution is 2.29. The van der Waals surface area contributed by atoms with E-state index in [1.54, 1.807) is 30.3 Å². The molecule has 0 aliphatic heterocycles. The van der Waals surface area contributed by atoms with Gasteiger partial charge in [0, 0.05) is 0 Å². The van der Waals surface area contributed by atoms with Gasteiger partial charge in [0.2, 0.25) is 0 Å². The zero-order chi connectivity index (χ0) is 20.6. The highest BCUT2D eigenvalue weighted by atomic mass is 19.4. The predicted octanol–water partition coefficient (Wildman–Crippen LogP) is 5.27. The fourth-order valence-corrected chi connectivity index (χ4v) is 3.14. The van der Waals surface area contributed by atoms with E-state index >= 15 is 0 Å². The highest BCUT2D eigenvalue weighted by molar-refractivity contribution is 5.79. The standard InChI is InChI=1S/C22H14F4N2O/c23-18-7-3-1-5-16(18)20-27-19-8-4-2-6-17(19)21(29)28(20)13-14-9-11-15(12-10-14)22(24,25)26/h1-12H,13H2. The van der Waals surface area contributed by atoms with Crippen LogP contribution >= 0.6 is 0 Å². The van der Waals surface area contributed by atoms with Gasteiger partial charge in [0.05, 0.1) is 28.6 Å². The number of hydrogen-bond acceptors (Lipinski definition) is 2. The minimum Gasteiger partial charge on any atom is -0.288 e. The van der Waals surface area contributed by atoms with Crippen molar-refractivity contribution in [1.82, 2.24) is 9.55 Å². The van der Waals surface area contributed by atoms with Gasteiger partial charge >= 0.3 is 6.18 Å². The number of halogens is 4. The van der Waals surface area contributed by atoms with Crippen LogP contribution < -0.4 is 5.56 Å². The lowest BCUT2D eigenvalue weighted by Gasteiger charge is -2.15. The summed E-state index contributed by atoms with van der Waals surface area (Å²) in [7, 11) is 0. The molecular weight excluding hydrogens is 384 g/mol. The monoisotopic (exact) mass is 398 g/mol. The Balaban J connectivity index is 1.88. The summed E-state index contributed by atoms with van der Waals surface area (Å²) in [5.74, 6) is -0.428. The average molecular weight is 398 g/mol. The largest absolute Gasteiger partial charge is 0.416 e. The molecule has 0 unspecified atom stereocenters. The molecule has 4 aromatic rings. The van der Waals surface area contributed by atoms with Crippen LogP contribution in [0.3, 0.4) is 0 Å². The first kappa shape index (κ1) is 18.9. The lowest BCUT2D eigenvalue weighted by Crippen LogP contribution is -2.24. The molecule has 0 saturated carbocycles. The summed E-state index contributed by atoms with van der Waals surface area (Å²) in [4.78, 5) is 17.5. The topological polar surface area (TPSA) is 34.9 Å². The summed E-state index contributed by atoms with van der Waals surface area (Å²) in [6.45, 7) is -0.0432. The molecule has 0 atom stereocenters. The van der Waals surface area contributed by atoms with Crippen LogP contribution in [0.2, 0.25) is 0 Å². The Morgan fingerprint density at radius 1 is 0.862 bits per heavy atom. The van der Waals surface area contributed by atoms with Gasteiger partial charge < -0.3 is 0 Å². The molecule has 0 N–H and O–H groups in total. The first-order chi connectivity index (χ1) is 13.8. The van der Waals surface area contributed by atoms with Gasteiger partial charge in [-0.2, -0.15) is 13.2 Å². The summed E-state index contributed by atoms with van der Waals surface area (Å²) < 4.78 is 54.1. The van der Waals surface area contributed by atoms with E-state index in [1.807, 2.05) is 0 Å². The van der Waals surface area contributed by atoms with Crippen molar-refractivity contribution in [2.45, 2.75) is 12.7 Å². The molecule has 7 heteroatoms. The smallest absolute Gasteiger partial charge is 0.288 e. The SMILES string of the molecule is O=c1c2ccccc2nc(-c2ccccc2F)n1Cc1ccc(C(F)(F)F)cc1. The van der Waals surface area contributed by atoms with E-state index in [0.717, 1.165) is 12.1 Å². The summed E-state index contributed by atoms with van der Waals surface area (Å²) in [6, 6.07) is 17.1.